The van der Waals surface area contributed by atoms with E-state index < -0.39 is 26.5 Å². The number of phosphoric ester groups is 1. The number of rotatable bonds is 55. The summed E-state index contributed by atoms with van der Waals surface area (Å²) in [5.74, 6) is -0.811. The van der Waals surface area contributed by atoms with E-state index in [9.17, 15) is 19.0 Å². The number of carbonyl (C=O) groups excluding carboxylic acids is 2. The number of quaternary nitrogens is 1. The Labute approximate surface area is 462 Å². The minimum absolute atomic E-state index is 0.0271. The molecule has 0 bridgehead atoms. The van der Waals surface area contributed by atoms with E-state index in [0.717, 1.165) is 103 Å². The molecule has 0 amide bonds. The van der Waals surface area contributed by atoms with Crippen molar-refractivity contribution in [1.82, 2.24) is 0 Å². The lowest BCUT2D eigenvalue weighted by Gasteiger charge is -2.24. The average molecular weight is 1070 g/mol. The second-order valence-corrected chi connectivity index (χ2v) is 22.8. The van der Waals surface area contributed by atoms with Crippen LogP contribution in [0.1, 0.15) is 251 Å². The summed E-state index contributed by atoms with van der Waals surface area (Å²) < 4.78 is 34.5. The summed E-state index contributed by atoms with van der Waals surface area (Å²) >= 11 is 0. The van der Waals surface area contributed by atoms with Gasteiger partial charge in [0.15, 0.2) is 6.10 Å². The number of carbonyl (C=O) groups is 2. The predicted octanol–water partition coefficient (Wildman–Crippen LogP) is 19.2. The van der Waals surface area contributed by atoms with Crippen molar-refractivity contribution >= 4 is 19.8 Å². The van der Waals surface area contributed by atoms with Crippen LogP contribution in [0.5, 0.6) is 0 Å². The molecular formula is C65H115NO8P+. The summed E-state index contributed by atoms with van der Waals surface area (Å²) in [7, 11) is 1.47. The number of hydrogen-bond acceptors (Lipinski definition) is 7. The minimum atomic E-state index is -4.39. The third-order valence-corrected chi connectivity index (χ3v) is 13.8. The Morgan fingerprint density at radius 3 is 1.13 bits per heavy atom. The molecule has 0 aromatic rings. The lowest BCUT2D eigenvalue weighted by atomic mass is 10.0. The molecule has 0 aliphatic heterocycles. The van der Waals surface area contributed by atoms with Gasteiger partial charge in [0.05, 0.1) is 27.7 Å². The summed E-state index contributed by atoms with van der Waals surface area (Å²) in [5, 5.41) is 0. The van der Waals surface area contributed by atoms with Gasteiger partial charge in [0.2, 0.25) is 0 Å². The number of likely N-dealkylation sites (N-methyl/N-ethyl adjacent to an activating group) is 1. The lowest BCUT2D eigenvalue weighted by molar-refractivity contribution is -0.870. The monoisotopic (exact) mass is 1070 g/mol. The first-order valence-corrected chi connectivity index (χ1v) is 32.0. The van der Waals surface area contributed by atoms with Crippen molar-refractivity contribution in [1.29, 1.82) is 0 Å². The third kappa shape index (κ3) is 60.0. The highest BCUT2D eigenvalue weighted by molar-refractivity contribution is 7.47. The van der Waals surface area contributed by atoms with Crippen LogP contribution in [-0.2, 0) is 32.7 Å². The molecule has 0 aliphatic rings. The van der Waals surface area contributed by atoms with Gasteiger partial charge in [-0.3, -0.25) is 18.6 Å². The van der Waals surface area contributed by atoms with Crippen molar-refractivity contribution in [3.05, 3.63) is 97.2 Å². The molecule has 0 fully saturated rings. The molecule has 0 aromatic heterocycles. The van der Waals surface area contributed by atoms with E-state index in [4.69, 9.17) is 18.5 Å². The maximum absolute atomic E-state index is 12.8. The summed E-state index contributed by atoms with van der Waals surface area (Å²) in [6.45, 7) is 4.27. The quantitative estimate of drug-likeness (QED) is 0.0211. The number of phosphoric acid groups is 1. The number of unbranched alkanes of at least 4 members (excludes halogenated alkanes) is 25. The number of hydrogen-bond donors (Lipinski definition) is 1. The molecule has 75 heavy (non-hydrogen) atoms. The van der Waals surface area contributed by atoms with Crippen LogP contribution in [-0.4, -0.2) is 74.9 Å². The lowest BCUT2D eigenvalue weighted by Crippen LogP contribution is -2.37. The van der Waals surface area contributed by atoms with E-state index in [0.29, 0.717) is 17.4 Å². The Kier molecular flexibility index (Phi) is 53.4. The fourth-order valence-corrected chi connectivity index (χ4v) is 8.90. The van der Waals surface area contributed by atoms with Gasteiger partial charge in [-0.25, -0.2) is 4.57 Å². The van der Waals surface area contributed by atoms with Crippen LogP contribution in [0, 0.1) is 0 Å². The molecule has 2 unspecified atom stereocenters. The predicted molar refractivity (Wildman–Crippen MR) is 321 cm³/mol. The van der Waals surface area contributed by atoms with E-state index in [1.165, 1.54) is 116 Å². The number of esters is 2. The highest BCUT2D eigenvalue weighted by Crippen LogP contribution is 2.43. The Morgan fingerprint density at radius 1 is 0.427 bits per heavy atom. The van der Waals surface area contributed by atoms with Gasteiger partial charge in [0, 0.05) is 12.8 Å². The summed E-state index contributed by atoms with van der Waals surface area (Å²) in [6.07, 6.45) is 76.4. The zero-order chi connectivity index (χ0) is 54.9. The molecule has 0 aromatic carbocycles. The van der Waals surface area contributed by atoms with E-state index >= 15 is 0 Å². The van der Waals surface area contributed by atoms with Crippen molar-refractivity contribution in [3.63, 3.8) is 0 Å². The largest absolute Gasteiger partial charge is 0.472 e. The first-order valence-electron chi connectivity index (χ1n) is 30.5. The molecule has 0 radical (unpaired) electrons. The first-order chi connectivity index (χ1) is 36.5. The Hall–Kier alpha value is -3.07. The van der Waals surface area contributed by atoms with E-state index in [1.54, 1.807) is 0 Å². The second kappa shape index (κ2) is 55.7. The zero-order valence-corrected chi connectivity index (χ0v) is 49.9. The summed E-state index contributed by atoms with van der Waals surface area (Å²) in [4.78, 5) is 35.6. The van der Waals surface area contributed by atoms with Crippen LogP contribution in [0.4, 0.5) is 0 Å². The van der Waals surface area contributed by atoms with Crippen molar-refractivity contribution in [3.8, 4) is 0 Å². The van der Waals surface area contributed by atoms with Crippen LogP contribution in [0.25, 0.3) is 0 Å². The molecule has 0 heterocycles. The Balaban J connectivity index is 4.00. The molecule has 9 nitrogen and oxygen atoms in total. The third-order valence-electron chi connectivity index (χ3n) is 12.8. The normalized spacial score (nSPS) is 13.9. The molecule has 0 saturated carbocycles. The molecule has 1 N–H and O–H groups in total. The first kappa shape index (κ1) is 71.9. The van der Waals surface area contributed by atoms with Gasteiger partial charge in [-0.1, -0.05) is 246 Å². The molecule has 0 aliphatic carbocycles. The zero-order valence-electron chi connectivity index (χ0n) is 49.0. The van der Waals surface area contributed by atoms with E-state index in [2.05, 4.69) is 111 Å². The van der Waals surface area contributed by atoms with Gasteiger partial charge < -0.3 is 18.9 Å². The SMILES string of the molecule is CC/C=C\C/C=C\C/C=C\C/C=C\C/C=C\C/C=C\CCCCCCCCCCCCCCCCCCCCC(=O)OC(COC(=O)CCCCCCC/C=C\C/C=C\CCCC)COP(=O)(O)OCC[N+](C)(C)C. The molecular weight excluding hydrogens is 954 g/mol. The molecule has 432 valence electrons. The van der Waals surface area contributed by atoms with Crippen LogP contribution >= 0.6 is 7.82 Å². The van der Waals surface area contributed by atoms with Gasteiger partial charge in [0.1, 0.15) is 19.8 Å². The maximum Gasteiger partial charge on any atom is 0.472 e. The van der Waals surface area contributed by atoms with Crippen LogP contribution in [0.2, 0.25) is 0 Å². The van der Waals surface area contributed by atoms with Crippen LogP contribution < -0.4 is 0 Å². The van der Waals surface area contributed by atoms with Crippen molar-refractivity contribution in [2.24, 2.45) is 0 Å². The summed E-state index contributed by atoms with van der Waals surface area (Å²) in [6, 6.07) is 0. The van der Waals surface area contributed by atoms with Crippen molar-refractivity contribution in [2.45, 2.75) is 258 Å². The molecule has 2 atom stereocenters. The van der Waals surface area contributed by atoms with Gasteiger partial charge in [-0.15, -0.1) is 0 Å². The highest BCUT2D eigenvalue weighted by Gasteiger charge is 2.27. The Bertz CT molecular complexity index is 1590. The highest BCUT2D eigenvalue weighted by atomic mass is 31.2. The van der Waals surface area contributed by atoms with Crippen molar-refractivity contribution < 1.29 is 42.1 Å². The summed E-state index contributed by atoms with van der Waals surface area (Å²) in [5.41, 5.74) is 0. The van der Waals surface area contributed by atoms with Crippen LogP contribution in [0.3, 0.4) is 0 Å². The molecule has 10 heteroatoms. The fraction of sp³-hybridized carbons (Fsp3) is 0.723. The number of ether oxygens (including phenoxy) is 2. The molecule has 0 saturated heterocycles. The van der Waals surface area contributed by atoms with Gasteiger partial charge in [-0.05, 0) is 89.9 Å². The maximum atomic E-state index is 12.8. The molecule has 0 rings (SSSR count). The van der Waals surface area contributed by atoms with Gasteiger partial charge in [0.25, 0.3) is 0 Å². The number of allylic oxidation sites excluding steroid dienone is 16. The topological polar surface area (TPSA) is 108 Å². The second-order valence-electron chi connectivity index (χ2n) is 21.4. The van der Waals surface area contributed by atoms with Crippen molar-refractivity contribution in [2.75, 3.05) is 47.5 Å². The van der Waals surface area contributed by atoms with E-state index in [-0.39, 0.29) is 32.0 Å². The van der Waals surface area contributed by atoms with E-state index in [1.807, 2.05) is 21.1 Å². The van der Waals surface area contributed by atoms with Gasteiger partial charge in [-0.2, -0.15) is 0 Å². The minimum Gasteiger partial charge on any atom is -0.462 e. The standard InChI is InChI=1S/C65H114NO8P/c1-6-8-10-12-14-16-18-20-22-23-24-25-26-27-28-29-30-31-32-33-34-35-36-37-38-39-40-41-42-43-44-46-48-50-52-54-56-58-65(68)74-63(62-73-75(69,70)72-60-59-66(3,4)5)61-71-64(67)57-55-53-51-49-47-45-21-19-17-15-13-11-9-7-2/h8,10,13-16,19-22,24-25,27-28,30-31,63H,6-7,9,11-12,17-18,23,26,29,32-62H2,1-5H3/p+1/b10-8-,15-13-,16-14-,21-19-,22-20-,25-24-,28-27-,31-30-. The smallest absolute Gasteiger partial charge is 0.462 e. The fourth-order valence-electron chi connectivity index (χ4n) is 8.15. The van der Waals surface area contributed by atoms with Gasteiger partial charge >= 0.3 is 19.8 Å². The Morgan fingerprint density at radius 2 is 0.760 bits per heavy atom. The molecule has 0 spiro atoms. The average Bonchev–Trinajstić information content (AvgIpc) is 3.37. The number of nitrogens with zero attached hydrogens (tertiary/aromatic N) is 1. The van der Waals surface area contributed by atoms with Crippen LogP contribution in [0.15, 0.2) is 97.2 Å².